The molecule has 2 aromatic rings. The molecule has 0 aromatic heterocycles. The average Bonchev–Trinajstić information content (AvgIpc) is 2.71. The van der Waals surface area contributed by atoms with Crippen molar-refractivity contribution in [1.29, 1.82) is 0 Å². The molecule has 2 aromatic carbocycles. The normalized spacial score (nSPS) is 11.3. The summed E-state index contributed by atoms with van der Waals surface area (Å²) in [7, 11) is 0. The number of rotatable bonds is 11. The number of carboxylic acids is 1. The monoisotopic (exact) mass is 493 g/mol. The van der Waals surface area contributed by atoms with Crippen molar-refractivity contribution in [2.75, 3.05) is 13.2 Å². The number of halogens is 2. The molecule has 0 aliphatic carbocycles. The predicted molar refractivity (Wildman–Crippen MR) is 120 cm³/mol. The molecule has 30 heavy (non-hydrogen) atoms. The topological polar surface area (TPSA) is 84.9 Å². The summed E-state index contributed by atoms with van der Waals surface area (Å²) in [5, 5.41) is 12.5. The molecule has 0 saturated carbocycles. The number of ether oxygens (including phenoxy) is 2. The van der Waals surface area contributed by atoms with E-state index < -0.39 is 17.9 Å². The molecule has 0 bridgehead atoms. The van der Waals surface area contributed by atoms with Crippen LogP contribution in [0.5, 0.6) is 11.5 Å². The number of carbonyl (C=O) groups is 2. The van der Waals surface area contributed by atoms with Gasteiger partial charge in [-0.2, -0.15) is 0 Å². The maximum Gasteiger partial charge on any atom is 0.326 e. The number of carbonyl (C=O) groups excluding carboxylic acids is 1. The molecule has 1 unspecified atom stereocenters. The van der Waals surface area contributed by atoms with Crippen LogP contribution in [0.2, 0.25) is 5.02 Å². The Balaban J connectivity index is 2.18. The largest absolute Gasteiger partial charge is 0.489 e. The third-order valence-corrected chi connectivity index (χ3v) is 4.73. The van der Waals surface area contributed by atoms with Gasteiger partial charge in [-0.3, -0.25) is 4.79 Å². The van der Waals surface area contributed by atoms with Gasteiger partial charge in [0, 0.05) is 10.9 Å². The number of aliphatic carboxylic acids is 1. The molecule has 0 saturated heterocycles. The molecule has 0 heterocycles. The first-order chi connectivity index (χ1) is 14.3. The van der Waals surface area contributed by atoms with Crippen LogP contribution in [-0.4, -0.2) is 36.2 Å². The summed E-state index contributed by atoms with van der Waals surface area (Å²) in [6.07, 6.45) is 3.19. The van der Waals surface area contributed by atoms with Crippen LogP contribution in [0, 0.1) is 0 Å². The Morgan fingerprint density at radius 2 is 1.73 bits per heavy atom. The fraction of sp³-hybridized carbons (Fsp3) is 0.182. The number of hydrogen-bond donors (Lipinski definition) is 2. The average molecular weight is 495 g/mol. The summed E-state index contributed by atoms with van der Waals surface area (Å²) in [5.74, 6) is -0.948. The summed E-state index contributed by atoms with van der Waals surface area (Å²) < 4.78 is 11.6. The van der Waals surface area contributed by atoms with Crippen LogP contribution in [0.3, 0.4) is 0 Å². The van der Waals surface area contributed by atoms with Crippen LogP contribution in [0.25, 0.3) is 0 Å². The second-order valence-corrected chi connectivity index (χ2v) is 7.50. The van der Waals surface area contributed by atoms with Gasteiger partial charge in [0.1, 0.15) is 30.8 Å². The van der Waals surface area contributed by atoms with Gasteiger partial charge in [0.05, 0.1) is 10.6 Å². The number of nitrogens with one attached hydrogen (secondary N) is 1. The van der Waals surface area contributed by atoms with Crippen molar-refractivity contribution < 1.29 is 24.2 Å². The van der Waals surface area contributed by atoms with E-state index in [1.165, 1.54) is 0 Å². The Kier molecular flexibility index (Phi) is 8.95. The van der Waals surface area contributed by atoms with Gasteiger partial charge in [-0.05, 0) is 35.9 Å². The Hall–Kier alpha value is -2.77. The highest BCUT2D eigenvalue weighted by Crippen LogP contribution is 2.27. The summed E-state index contributed by atoms with van der Waals surface area (Å²) in [6, 6.07) is 8.71. The van der Waals surface area contributed by atoms with Crippen molar-refractivity contribution >= 4 is 39.4 Å². The van der Waals surface area contributed by atoms with Crippen LogP contribution in [-0.2, 0) is 11.2 Å². The number of amides is 1. The minimum atomic E-state index is -1.17. The van der Waals surface area contributed by atoms with E-state index in [1.807, 2.05) is 0 Å². The van der Waals surface area contributed by atoms with Gasteiger partial charge in [-0.15, -0.1) is 0 Å². The molecule has 0 spiro atoms. The fourth-order valence-electron chi connectivity index (χ4n) is 2.56. The highest BCUT2D eigenvalue weighted by atomic mass is 79.9. The molecule has 2 rings (SSSR count). The van der Waals surface area contributed by atoms with Gasteiger partial charge in [0.15, 0.2) is 0 Å². The lowest BCUT2D eigenvalue weighted by atomic mass is 10.0. The highest BCUT2D eigenvalue weighted by Gasteiger charge is 2.23. The summed E-state index contributed by atoms with van der Waals surface area (Å²) >= 11 is 9.50. The van der Waals surface area contributed by atoms with Gasteiger partial charge in [0.25, 0.3) is 5.91 Å². The van der Waals surface area contributed by atoms with Crippen molar-refractivity contribution in [2.45, 2.75) is 12.5 Å². The van der Waals surface area contributed by atoms with Crippen molar-refractivity contribution in [3.05, 3.63) is 82.3 Å². The number of carboxylic acid groups (broad SMARTS) is 1. The molecule has 0 radical (unpaired) electrons. The van der Waals surface area contributed by atoms with E-state index in [0.717, 1.165) is 0 Å². The second kappa shape index (κ2) is 11.4. The second-order valence-electron chi connectivity index (χ2n) is 6.17. The van der Waals surface area contributed by atoms with Gasteiger partial charge in [-0.1, -0.05) is 58.9 Å². The lowest BCUT2D eigenvalue weighted by Crippen LogP contribution is -2.42. The van der Waals surface area contributed by atoms with Gasteiger partial charge >= 0.3 is 5.97 Å². The first-order valence-electron chi connectivity index (χ1n) is 8.94. The van der Waals surface area contributed by atoms with E-state index in [1.54, 1.807) is 48.6 Å². The van der Waals surface area contributed by atoms with Crippen molar-refractivity contribution in [1.82, 2.24) is 5.32 Å². The van der Waals surface area contributed by atoms with Crippen LogP contribution in [0.4, 0.5) is 0 Å². The maximum atomic E-state index is 12.8. The van der Waals surface area contributed by atoms with Crippen LogP contribution >= 0.6 is 27.5 Å². The van der Waals surface area contributed by atoms with Gasteiger partial charge in [-0.25, -0.2) is 4.79 Å². The Morgan fingerprint density at radius 1 is 1.10 bits per heavy atom. The van der Waals surface area contributed by atoms with E-state index in [4.69, 9.17) is 21.1 Å². The first kappa shape index (κ1) is 23.5. The minimum absolute atomic E-state index is 0.0411. The smallest absolute Gasteiger partial charge is 0.326 e. The zero-order chi connectivity index (χ0) is 22.1. The Bertz CT molecular complexity index is 947. The molecule has 158 valence electrons. The molecular weight excluding hydrogens is 474 g/mol. The maximum absolute atomic E-state index is 12.8. The molecule has 1 amide bonds. The number of hydrogen-bond acceptors (Lipinski definition) is 4. The van der Waals surface area contributed by atoms with Crippen LogP contribution in [0.1, 0.15) is 15.9 Å². The van der Waals surface area contributed by atoms with Crippen LogP contribution < -0.4 is 14.8 Å². The summed E-state index contributed by atoms with van der Waals surface area (Å²) in [4.78, 5) is 24.5. The Labute approximate surface area is 188 Å². The molecular formula is C22H21BrClNO5. The SMILES string of the molecule is C=CCOc1ccc(CC(NC(=O)c2cc(Br)ccc2OCC=C)C(=O)O)cc1Cl. The zero-order valence-corrected chi connectivity index (χ0v) is 18.4. The molecule has 0 aliphatic rings. The molecule has 8 heteroatoms. The van der Waals surface area contributed by atoms with E-state index in [-0.39, 0.29) is 18.6 Å². The van der Waals surface area contributed by atoms with Crippen molar-refractivity contribution in [3.8, 4) is 11.5 Å². The van der Waals surface area contributed by atoms with E-state index in [0.29, 0.717) is 33.2 Å². The van der Waals surface area contributed by atoms with Gasteiger partial charge in [0.2, 0.25) is 0 Å². The molecule has 1 atom stereocenters. The number of benzene rings is 2. The Morgan fingerprint density at radius 3 is 2.33 bits per heavy atom. The minimum Gasteiger partial charge on any atom is -0.489 e. The lowest BCUT2D eigenvalue weighted by Gasteiger charge is -2.17. The molecule has 2 N–H and O–H groups in total. The van der Waals surface area contributed by atoms with Crippen molar-refractivity contribution in [2.24, 2.45) is 0 Å². The molecule has 0 fully saturated rings. The third kappa shape index (κ3) is 6.64. The highest BCUT2D eigenvalue weighted by molar-refractivity contribution is 9.10. The predicted octanol–water partition coefficient (Wildman–Crippen LogP) is 4.66. The third-order valence-electron chi connectivity index (χ3n) is 3.94. The summed E-state index contributed by atoms with van der Waals surface area (Å²) in [5.41, 5.74) is 0.847. The molecule has 6 nitrogen and oxygen atoms in total. The van der Waals surface area contributed by atoms with E-state index in [9.17, 15) is 14.7 Å². The fourth-order valence-corrected chi connectivity index (χ4v) is 3.18. The first-order valence-corrected chi connectivity index (χ1v) is 10.1. The quantitative estimate of drug-likeness (QED) is 0.444. The zero-order valence-electron chi connectivity index (χ0n) is 16.1. The van der Waals surface area contributed by atoms with Gasteiger partial charge < -0.3 is 19.9 Å². The van der Waals surface area contributed by atoms with Crippen molar-refractivity contribution in [3.63, 3.8) is 0 Å². The van der Waals surface area contributed by atoms with E-state index >= 15 is 0 Å². The standard InChI is InChI=1S/C22H21BrClNO5/c1-3-9-29-19-8-6-15(23)13-16(19)21(26)25-18(22(27)28)12-14-5-7-20(17(24)11-14)30-10-4-2/h3-8,11,13,18H,1-2,9-10,12H2,(H,25,26)(H,27,28). The summed E-state index contributed by atoms with van der Waals surface area (Å²) in [6.45, 7) is 7.66. The van der Waals surface area contributed by atoms with Crippen LogP contribution in [0.15, 0.2) is 66.2 Å². The molecule has 0 aliphatic heterocycles. The lowest BCUT2D eigenvalue weighted by molar-refractivity contribution is -0.139. The van der Waals surface area contributed by atoms with E-state index in [2.05, 4.69) is 34.4 Å².